The number of halogens is 1. The Kier molecular flexibility index (Phi) is 8.52. The molecule has 2 rings (SSSR count). The third-order valence-corrected chi connectivity index (χ3v) is 6.42. The summed E-state index contributed by atoms with van der Waals surface area (Å²) in [5, 5.41) is 3.11. The van der Waals surface area contributed by atoms with Crippen LogP contribution in [0.15, 0.2) is 47.4 Å². The smallest absolute Gasteiger partial charge is 0.264 e. The SMILES string of the molecule is COc1ccc(Cl)cc1N(CC(=O)NCCCN(C)C)S(=O)(=O)c1ccc(C)cc1. The number of ether oxygens (including phenoxy) is 1. The number of methoxy groups -OCH3 is 1. The van der Waals surface area contributed by atoms with E-state index in [2.05, 4.69) is 5.32 Å². The van der Waals surface area contributed by atoms with Crippen LogP contribution in [0.5, 0.6) is 5.75 Å². The molecule has 0 aliphatic rings. The Morgan fingerprint density at radius 3 is 2.40 bits per heavy atom. The van der Waals surface area contributed by atoms with Gasteiger partial charge in [0.15, 0.2) is 0 Å². The lowest BCUT2D eigenvalue weighted by molar-refractivity contribution is -0.119. The van der Waals surface area contributed by atoms with E-state index in [1.54, 1.807) is 24.3 Å². The summed E-state index contributed by atoms with van der Waals surface area (Å²) in [5.74, 6) is -0.109. The van der Waals surface area contributed by atoms with Crippen LogP contribution in [-0.4, -0.2) is 60.1 Å². The lowest BCUT2D eigenvalue weighted by Gasteiger charge is -2.26. The summed E-state index contributed by atoms with van der Waals surface area (Å²) < 4.78 is 33.2. The molecule has 0 unspecified atom stereocenters. The fraction of sp³-hybridized carbons (Fsp3) is 0.381. The van der Waals surface area contributed by atoms with Crippen molar-refractivity contribution in [2.24, 2.45) is 0 Å². The number of hydrogen-bond donors (Lipinski definition) is 1. The number of rotatable bonds is 10. The van der Waals surface area contributed by atoms with Gasteiger partial charge in [0.25, 0.3) is 10.0 Å². The molecule has 2 aromatic carbocycles. The summed E-state index contributed by atoms with van der Waals surface area (Å²) >= 11 is 6.12. The molecule has 30 heavy (non-hydrogen) atoms. The Labute approximate surface area is 183 Å². The molecule has 0 fully saturated rings. The predicted octanol–water partition coefficient (Wildman–Crippen LogP) is 2.92. The number of nitrogens with zero attached hydrogens (tertiary/aromatic N) is 2. The number of hydrogen-bond acceptors (Lipinski definition) is 5. The quantitative estimate of drug-likeness (QED) is 0.559. The average Bonchev–Trinajstić information content (AvgIpc) is 2.69. The molecule has 7 nitrogen and oxygen atoms in total. The van der Waals surface area contributed by atoms with Crippen molar-refractivity contribution in [2.45, 2.75) is 18.2 Å². The largest absolute Gasteiger partial charge is 0.495 e. The first-order chi connectivity index (χ1) is 14.1. The highest BCUT2D eigenvalue weighted by Gasteiger charge is 2.29. The second-order valence-electron chi connectivity index (χ2n) is 7.15. The van der Waals surface area contributed by atoms with Crippen LogP contribution in [0.25, 0.3) is 0 Å². The number of amides is 1. The van der Waals surface area contributed by atoms with Crippen LogP contribution >= 0.6 is 11.6 Å². The summed E-state index contributed by atoms with van der Waals surface area (Å²) in [7, 11) is 1.30. The lowest BCUT2D eigenvalue weighted by atomic mass is 10.2. The molecule has 164 valence electrons. The van der Waals surface area contributed by atoms with Crippen LogP contribution in [-0.2, 0) is 14.8 Å². The average molecular weight is 454 g/mol. The molecule has 0 heterocycles. The maximum atomic E-state index is 13.4. The second kappa shape index (κ2) is 10.7. The first-order valence-electron chi connectivity index (χ1n) is 9.49. The van der Waals surface area contributed by atoms with Crippen molar-refractivity contribution in [3.63, 3.8) is 0 Å². The van der Waals surface area contributed by atoms with Crippen LogP contribution in [0.2, 0.25) is 5.02 Å². The van der Waals surface area contributed by atoms with Crippen LogP contribution in [0, 0.1) is 6.92 Å². The van der Waals surface area contributed by atoms with Crippen molar-refractivity contribution in [2.75, 3.05) is 45.1 Å². The number of carbonyl (C=O) groups is 1. The highest BCUT2D eigenvalue weighted by Crippen LogP contribution is 2.34. The number of aryl methyl sites for hydroxylation is 1. The fourth-order valence-corrected chi connectivity index (χ4v) is 4.39. The van der Waals surface area contributed by atoms with E-state index in [1.165, 1.54) is 25.3 Å². The van der Waals surface area contributed by atoms with Gasteiger partial charge in [-0.25, -0.2) is 8.42 Å². The van der Waals surface area contributed by atoms with Gasteiger partial charge in [-0.3, -0.25) is 9.10 Å². The molecule has 0 aromatic heterocycles. The van der Waals surface area contributed by atoms with Gasteiger partial charge in [0.1, 0.15) is 12.3 Å². The molecule has 2 aromatic rings. The van der Waals surface area contributed by atoms with Gasteiger partial charge >= 0.3 is 0 Å². The molecular weight excluding hydrogens is 426 g/mol. The number of sulfonamides is 1. The summed E-state index contributed by atoms with van der Waals surface area (Å²) in [6.45, 7) is 2.74. The minimum atomic E-state index is -4.03. The first-order valence-corrected chi connectivity index (χ1v) is 11.3. The van der Waals surface area contributed by atoms with Gasteiger partial charge in [0.05, 0.1) is 17.7 Å². The van der Waals surface area contributed by atoms with E-state index < -0.39 is 22.5 Å². The van der Waals surface area contributed by atoms with E-state index in [9.17, 15) is 13.2 Å². The van der Waals surface area contributed by atoms with Gasteiger partial charge in [0.2, 0.25) is 5.91 Å². The molecule has 0 bridgehead atoms. The maximum absolute atomic E-state index is 13.4. The van der Waals surface area contributed by atoms with E-state index in [-0.39, 0.29) is 10.6 Å². The number of carbonyl (C=O) groups excluding carboxylic acids is 1. The van der Waals surface area contributed by atoms with Gasteiger partial charge in [-0.15, -0.1) is 0 Å². The number of benzene rings is 2. The first kappa shape index (κ1) is 24.0. The van der Waals surface area contributed by atoms with Crippen molar-refractivity contribution in [3.05, 3.63) is 53.1 Å². The third-order valence-electron chi connectivity index (χ3n) is 4.41. The Balaban J connectivity index is 2.37. The van der Waals surface area contributed by atoms with Crippen molar-refractivity contribution in [3.8, 4) is 5.75 Å². The van der Waals surface area contributed by atoms with E-state index in [1.807, 2.05) is 25.9 Å². The summed E-state index contributed by atoms with van der Waals surface area (Å²) in [6, 6.07) is 11.1. The zero-order valence-corrected chi connectivity index (χ0v) is 19.3. The van der Waals surface area contributed by atoms with Crippen molar-refractivity contribution in [1.29, 1.82) is 0 Å². The molecular formula is C21H28ClN3O4S. The zero-order chi connectivity index (χ0) is 22.3. The van der Waals surface area contributed by atoms with Crippen LogP contribution in [0.1, 0.15) is 12.0 Å². The topological polar surface area (TPSA) is 79.0 Å². The van der Waals surface area contributed by atoms with E-state index in [0.717, 1.165) is 22.8 Å². The van der Waals surface area contributed by atoms with Gasteiger partial charge in [0, 0.05) is 11.6 Å². The molecule has 1 N–H and O–H groups in total. The molecule has 0 aliphatic carbocycles. The van der Waals surface area contributed by atoms with Crippen molar-refractivity contribution < 1.29 is 17.9 Å². The lowest BCUT2D eigenvalue weighted by Crippen LogP contribution is -2.41. The van der Waals surface area contributed by atoms with E-state index in [4.69, 9.17) is 16.3 Å². The summed E-state index contributed by atoms with van der Waals surface area (Å²) in [5.41, 5.74) is 1.13. The van der Waals surface area contributed by atoms with Gasteiger partial charge in [-0.05, 0) is 64.3 Å². The van der Waals surface area contributed by atoms with E-state index in [0.29, 0.717) is 17.3 Å². The standard InChI is InChI=1S/C21H28ClN3O4S/c1-16-6-9-18(10-7-16)30(27,28)25(15-21(26)23-12-5-13-24(2)3)19-14-17(22)8-11-20(19)29-4/h6-11,14H,5,12-13,15H2,1-4H3,(H,23,26). The number of anilines is 1. The van der Waals surface area contributed by atoms with Gasteiger partial charge < -0.3 is 15.0 Å². The molecule has 0 saturated carbocycles. The number of nitrogens with one attached hydrogen (secondary N) is 1. The summed E-state index contributed by atoms with van der Waals surface area (Å²) in [4.78, 5) is 14.7. The molecule has 0 atom stereocenters. The molecule has 1 amide bonds. The van der Waals surface area contributed by atoms with Crippen LogP contribution in [0.4, 0.5) is 5.69 Å². The van der Waals surface area contributed by atoms with E-state index >= 15 is 0 Å². The third kappa shape index (κ3) is 6.35. The zero-order valence-electron chi connectivity index (χ0n) is 17.7. The Morgan fingerprint density at radius 1 is 1.13 bits per heavy atom. The normalized spacial score (nSPS) is 11.4. The minimum absolute atomic E-state index is 0.0792. The summed E-state index contributed by atoms with van der Waals surface area (Å²) in [6.07, 6.45) is 0.754. The Morgan fingerprint density at radius 2 is 1.80 bits per heavy atom. The van der Waals surface area contributed by atoms with Gasteiger partial charge in [-0.2, -0.15) is 0 Å². The highest BCUT2D eigenvalue weighted by atomic mass is 35.5. The van der Waals surface area contributed by atoms with Gasteiger partial charge in [-0.1, -0.05) is 29.3 Å². The van der Waals surface area contributed by atoms with Crippen LogP contribution < -0.4 is 14.4 Å². The molecule has 0 radical (unpaired) electrons. The van der Waals surface area contributed by atoms with Crippen LogP contribution in [0.3, 0.4) is 0 Å². The van der Waals surface area contributed by atoms with Crippen molar-refractivity contribution in [1.82, 2.24) is 10.2 Å². The molecule has 0 aliphatic heterocycles. The monoisotopic (exact) mass is 453 g/mol. The highest BCUT2D eigenvalue weighted by molar-refractivity contribution is 7.92. The molecule has 0 saturated heterocycles. The minimum Gasteiger partial charge on any atom is -0.495 e. The predicted molar refractivity (Wildman–Crippen MR) is 120 cm³/mol. The molecule has 9 heteroatoms. The molecule has 0 spiro atoms. The second-order valence-corrected chi connectivity index (χ2v) is 9.45. The fourth-order valence-electron chi connectivity index (χ4n) is 2.80. The Bertz CT molecular complexity index is 963. The Hall–Kier alpha value is -2.29. The maximum Gasteiger partial charge on any atom is 0.264 e. The van der Waals surface area contributed by atoms with Crippen molar-refractivity contribution >= 4 is 33.2 Å².